The molecule has 1 aromatic rings. The Morgan fingerprint density at radius 3 is 2.63 bits per heavy atom. The molecule has 0 spiro atoms. The molecule has 4 nitrogen and oxygen atoms in total. The van der Waals surface area contributed by atoms with Gasteiger partial charge < -0.3 is 15.8 Å². The number of nitrogens with zero attached hydrogens (tertiary/aromatic N) is 1. The second-order valence-electron chi connectivity index (χ2n) is 5.44. The minimum atomic E-state index is 0.343. The molecule has 3 N–H and O–H groups in total. The molecule has 104 valence electrons. The van der Waals surface area contributed by atoms with Gasteiger partial charge >= 0.3 is 0 Å². The summed E-state index contributed by atoms with van der Waals surface area (Å²) in [7, 11) is 1.74. The lowest BCUT2D eigenvalue weighted by molar-refractivity contribution is 0.174. The van der Waals surface area contributed by atoms with Crippen LogP contribution in [-0.4, -0.2) is 26.2 Å². The summed E-state index contributed by atoms with van der Waals surface area (Å²) in [6.07, 6.45) is 3.54. The maximum absolute atomic E-state index is 5.92. The number of nitrogens with two attached hydrogens (primary N) is 1. The zero-order chi connectivity index (χ0) is 13.7. The number of aliphatic imine (C=N–C) groups is 1. The fourth-order valence-electron chi connectivity index (χ4n) is 2.06. The van der Waals surface area contributed by atoms with Gasteiger partial charge in [0.15, 0.2) is 5.96 Å². The van der Waals surface area contributed by atoms with Crippen molar-refractivity contribution < 1.29 is 4.74 Å². The first-order valence-electron chi connectivity index (χ1n) is 6.76. The zero-order valence-corrected chi connectivity index (χ0v) is 11.8. The van der Waals surface area contributed by atoms with Crippen LogP contribution >= 0.6 is 0 Å². The number of nitrogens with one attached hydrogen (secondary N) is 1. The first-order chi connectivity index (χ1) is 9.13. The van der Waals surface area contributed by atoms with Gasteiger partial charge in [-0.25, -0.2) is 0 Å². The van der Waals surface area contributed by atoms with Gasteiger partial charge in [-0.3, -0.25) is 4.99 Å². The first kappa shape index (κ1) is 13.9. The summed E-state index contributed by atoms with van der Waals surface area (Å²) in [6, 6.07) is 8.12. The van der Waals surface area contributed by atoms with Crippen LogP contribution in [0.5, 0.6) is 0 Å². The lowest BCUT2D eigenvalue weighted by Gasteiger charge is -2.12. The van der Waals surface area contributed by atoms with Gasteiger partial charge in [-0.2, -0.15) is 0 Å². The van der Waals surface area contributed by atoms with Crippen LogP contribution in [0.1, 0.15) is 24.8 Å². The lowest BCUT2D eigenvalue weighted by atomic mass is 10.0. The van der Waals surface area contributed by atoms with E-state index in [1.165, 1.54) is 18.4 Å². The van der Waals surface area contributed by atoms with Crippen molar-refractivity contribution in [2.75, 3.05) is 25.6 Å². The number of hydrogen-bond acceptors (Lipinski definition) is 2. The van der Waals surface area contributed by atoms with Gasteiger partial charge in [0.25, 0.3) is 0 Å². The lowest BCUT2D eigenvalue weighted by Crippen LogP contribution is -2.24. The molecule has 1 aliphatic carbocycles. The number of guanidine groups is 1. The van der Waals surface area contributed by atoms with Crippen molar-refractivity contribution in [2.45, 2.75) is 26.2 Å². The van der Waals surface area contributed by atoms with E-state index in [2.05, 4.69) is 29.4 Å². The number of hydrogen-bond donors (Lipinski definition) is 2. The molecule has 0 saturated heterocycles. The Kier molecular flexibility index (Phi) is 4.43. The molecule has 19 heavy (non-hydrogen) atoms. The van der Waals surface area contributed by atoms with Gasteiger partial charge in [0.1, 0.15) is 0 Å². The molecule has 1 aromatic carbocycles. The van der Waals surface area contributed by atoms with Gasteiger partial charge in [0.05, 0.1) is 0 Å². The van der Waals surface area contributed by atoms with Crippen molar-refractivity contribution in [3.05, 3.63) is 29.8 Å². The third-order valence-electron chi connectivity index (χ3n) is 3.70. The highest BCUT2D eigenvalue weighted by molar-refractivity contribution is 5.92. The molecule has 2 rings (SSSR count). The molecule has 1 aliphatic rings. The predicted molar refractivity (Wildman–Crippen MR) is 79.5 cm³/mol. The van der Waals surface area contributed by atoms with Crippen LogP contribution < -0.4 is 11.1 Å². The van der Waals surface area contributed by atoms with Crippen molar-refractivity contribution in [3.63, 3.8) is 0 Å². The highest BCUT2D eigenvalue weighted by Crippen LogP contribution is 2.48. The van der Waals surface area contributed by atoms with Gasteiger partial charge in [-0.05, 0) is 43.7 Å². The van der Waals surface area contributed by atoms with Gasteiger partial charge in [-0.1, -0.05) is 17.7 Å². The van der Waals surface area contributed by atoms with Crippen LogP contribution in [0.2, 0.25) is 0 Å². The van der Waals surface area contributed by atoms with Crippen LogP contribution in [0, 0.1) is 12.3 Å². The van der Waals surface area contributed by atoms with Crippen molar-refractivity contribution in [1.82, 2.24) is 0 Å². The maximum atomic E-state index is 5.92. The fourth-order valence-corrected chi connectivity index (χ4v) is 2.06. The Labute approximate surface area is 115 Å². The second-order valence-corrected chi connectivity index (χ2v) is 5.44. The molecule has 0 aromatic heterocycles. The molecule has 0 unspecified atom stereocenters. The van der Waals surface area contributed by atoms with Crippen LogP contribution in [0.3, 0.4) is 0 Å². The Bertz CT molecular complexity index is 435. The second kappa shape index (κ2) is 6.06. The van der Waals surface area contributed by atoms with E-state index < -0.39 is 0 Å². The van der Waals surface area contributed by atoms with E-state index in [1.807, 2.05) is 12.1 Å². The summed E-state index contributed by atoms with van der Waals surface area (Å²) in [5, 5.41) is 3.12. The zero-order valence-electron chi connectivity index (χ0n) is 11.8. The molecule has 0 atom stereocenters. The van der Waals surface area contributed by atoms with Crippen LogP contribution in [0.15, 0.2) is 29.3 Å². The summed E-state index contributed by atoms with van der Waals surface area (Å²) in [4.78, 5) is 4.46. The van der Waals surface area contributed by atoms with Crippen LogP contribution in [-0.2, 0) is 4.74 Å². The molecular formula is C15H23N3O. The topological polar surface area (TPSA) is 59.6 Å². The van der Waals surface area contributed by atoms with Gasteiger partial charge in [-0.15, -0.1) is 0 Å². The van der Waals surface area contributed by atoms with E-state index in [4.69, 9.17) is 10.5 Å². The minimum Gasteiger partial charge on any atom is -0.385 e. The Hall–Kier alpha value is -1.55. The normalized spacial score (nSPS) is 17.3. The highest BCUT2D eigenvalue weighted by Gasteiger charge is 2.41. The standard InChI is InChI=1S/C15H23N3O/c1-12-3-5-13(6-4-12)18-14(16)17-11-15(7-8-15)9-10-19-2/h3-6H,7-11H2,1-2H3,(H3,16,17,18). The van der Waals surface area contributed by atoms with Crippen molar-refractivity contribution in [2.24, 2.45) is 16.1 Å². The predicted octanol–water partition coefficient (Wildman–Crippen LogP) is 2.54. The van der Waals surface area contributed by atoms with Gasteiger partial charge in [0.2, 0.25) is 0 Å². The minimum absolute atomic E-state index is 0.343. The number of rotatable bonds is 6. The van der Waals surface area contributed by atoms with Gasteiger partial charge in [0, 0.05) is 25.9 Å². The molecule has 1 fully saturated rings. The summed E-state index contributed by atoms with van der Waals surface area (Å²) in [5.74, 6) is 0.493. The summed E-state index contributed by atoms with van der Waals surface area (Å²) < 4.78 is 5.14. The SMILES string of the molecule is COCCC1(CN=C(N)Nc2ccc(C)cc2)CC1. The monoisotopic (exact) mass is 261 g/mol. The van der Waals surface area contributed by atoms with Crippen molar-refractivity contribution in [1.29, 1.82) is 0 Å². The Balaban J connectivity index is 1.84. The molecule has 0 radical (unpaired) electrons. The van der Waals surface area contributed by atoms with Crippen molar-refractivity contribution >= 4 is 11.6 Å². The molecule has 0 amide bonds. The fraction of sp³-hybridized carbons (Fsp3) is 0.533. The number of aryl methyl sites for hydroxylation is 1. The van der Waals surface area contributed by atoms with E-state index in [-0.39, 0.29) is 0 Å². The number of ether oxygens (including phenoxy) is 1. The highest BCUT2D eigenvalue weighted by atomic mass is 16.5. The Morgan fingerprint density at radius 2 is 2.05 bits per heavy atom. The van der Waals surface area contributed by atoms with E-state index in [0.29, 0.717) is 11.4 Å². The average molecular weight is 261 g/mol. The van der Waals surface area contributed by atoms with Crippen LogP contribution in [0.25, 0.3) is 0 Å². The van der Waals surface area contributed by atoms with Crippen molar-refractivity contribution in [3.8, 4) is 0 Å². The number of benzene rings is 1. The van der Waals surface area contributed by atoms with E-state index >= 15 is 0 Å². The third kappa shape index (κ3) is 4.24. The number of anilines is 1. The van der Waals surface area contributed by atoms with E-state index in [1.54, 1.807) is 7.11 Å². The van der Waals surface area contributed by atoms with Crippen LogP contribution in [0.4, 0.5) is 5.69 Å². The molecule has 0 heterocycles. The molecule has 1 saturated carbocycles. The summed E-state index contributed by atoms with van der Waals surface area (Å²) in [6.45, 7) is 3.66. The maximum Gasteiger partial charge on any atom is 0.193 e. The average Bonchev–Trinajstić information content (AvgIpc) is 3.18. The number of methoxy groups -OCH3 is 1. The van der Waals surface area contributed by atoms with E-state index in [0.717, 1.165) is 25.3 Å². The quantitative estimate of drug-likeness (QED) is 0.611. The third-order valence-corrected chi connectivity index (χ3v) is 3.70. The summed E-state index contributed by atoms with van der Waals surface area (Å²) in [5.41, 5.74) is 8.47. The van der Waals surface area contributed by atoms with E-state index in [9.17, 15) is 0 Å². The smallest absolute Gasteiger partial charge is 0.193 e. The largest absolute Gasteiger partial charge is 0.385 e. The molecular weight excluding hydrogens is 238 g/mol. The Morgan fingerprint density at radius 1 is 1.37 bits per heavy atom. The molecule has 0 aliphatic heterocycles. The summed E-state index contributed by atoms with van der Waals surface area (Å²) >= 11 is 0. The molecule has 4 heteroatoms. The molecule has 0 bridgehead atoms. The first-order valence-corrected chi connectivity index (χ1v) is 6.76.